The monoisotopic (exact) mass is 329 g/mol. The Morgan fingerprint density at radius 3 is 2.92 bits per heavy atom. The van der Waals surface area contributed by atoms with Crippen molar-refractivity contribution < 1.29 is 14.3 Å². The minimum absolute atomic E-state index is 0.0412. The lowest BCUT2D eigenvalue weighted by Crippen LogP contribution is -2.42. The molecule has 24 heavy (non-hydrogen) atoms. The maximum absolute atomic E-state index is 12.3. The molecular formula is C18H23N3O3. The van der Waals surface area contributed by atoms with Gasteiger partial charge in [-0.3, -0.25) is 4.79 Å². The van der Waals surface area contributed by atoms with Gasteiger partial charge in [0.1, 0.15) is 19.0 Å². The second-order valence-corrected chi connectivity index (χ2v) is 5.86. The smallest absolute Gasteiger partial charge is 0.248 e. The van der Waals surface area contributed by atoms with Crippen molar-refractivity contribution in [3.8, 4) is 5.75 Å². The van der Waals surface area contributed by atoms with Gasteiger partial charge in [-0.15, -0.1) is 0 Å². The number of carbonyl (C=O) groups is 1. The molecule has 1 aliphatic heterocycles. The molecule has 0 aliphatic carbocycles. The van der Waals surface area contributed by atoms with E-state index >= 15 is 0 Å². The van der Waals surface area contributed by atoms with Crippen LogP contribution in [0.1, 0.15) is 18.9 Å². The van der Waals surface area contributed by atoms with Gasteiger partial charge in [0.25, 0.3) is 0 Å². The number of benzene rings is 1. The molecule has 2 heterocycles. The van der Waals surface area contributed by atoms with Crippen LogP contribution in [0.25, 0.3) is 0 Å². The average molecular weight is 329 g/mol. The SMILES string of the molecule is O=C(COCCOc1ccccc1)N1CCCC(n2ccnc2)C1. The number of piperidine rings is 1. The van der Waals surface area contributed by atoms with E-state index in [1.54, 1.807) is 6.20 Å². The summed E-state index contributed by atoms with van der Waals surface area (Å²) in [4.78, 5) is 18.2. The normalized spacial score (nSPS) is 17.7. The molecule has 1 saturated heterocycles. The van der Waals surface area contributed by atoms with Gasteiger partial charge in [0.05, 0.1) is 19.0 Å². The van der Waals surface area contributed by atoms with Crippen LogP contribution in [0.15, 0.2) is 49.1 Å². The Morgan fingerprint density at radius 1 is 1.25 bits per heavy atom. The molecule has 1 unspecified atom stereocenters. The topological polar surface area (TPSA) is 56.6 Å². The summed E-state index contributed by atoms with van der Waals surface area (Å²) < 4.78 is 13.1. The van der Waals surface area contributed by atoms with Gasteiger partial charge in [-0.1, -0.05) is 18.2 Å². The predicted molar refractivity (Wildman–Crippen MR) is 89.8 cm³/mol. The largest absolute Gasteiger partial charge is 0.491 e. The fraction of sp³-hybridized carbons (Fsp3) is 0.444. The Bertz CT molecular complexity index is 616. The van der Waals surface area contributed by atoms with Gasteiger partial charge in [-0.25, -0.2) is 4.98 Å². The second kappa shape index (κ2) is 8.49. The van der Waals surface area contributed by atoms with Gasteiger partial charge in [-0.05, 0) is 25.0 Å². The van der Waals surface area contributed by atoms with Crippen molar-refractivity contribution in [2.45, 2.75) is 18.9 Å². The van der Waals surface area contributed by atoms with Gasteiger partial charge in [0.2, 0.25) is 5.91 Å². The number of para-hydroxylation sites is 1. The highest BCUT2D eigenvalue weighted by atomic mass is 16.5. The van der Waals surface area contributed by atoms with Gasteiger partial charge >= 0.3 is 0 Å². The fourth-order valence-electron chi connectivity index (χ4n) is 2.90. The first kappa shape index (κ1) is 16.5. The molecule has 0 bridgehead atoms. The molecule has 1 atom stereocenters. The third-order valence-electron chi connectivity index (χ3n) is 4.16. The molecular weight excluding hydrogens is 306 g/mol. The van der Waals surface area contributed by atoms with Crippen LogP contribution >= 0.6 is 0 Å². The molecule has 1 aliphatic rings. The third kappa shape index (κ3) is 4.58. The van der Waals surface area contributed by atoms with Crippen LogP contribution in [0.5, 0.6) is 5.75 Å². The quantitative estimate of drug-likeness (QED) is 0.730. The van der Waals surface area contributed by atoms with E-state index in [1.165, 1.54) is 0 Å². The molecule has 1 fully saturated rings. The number of likely N-dealkylation sites (tertiary alicyclic amines) is 1. The molecule has 0 saturated carbocycles. The van der Waals surface area contributed by atoms with Crippen molar-refractivity contribution in [2.24, 2.45) is 0 Å². The molecule has 128 valence electrons. The van der Waals surface area contributed by atoms with Crippen LogP contribution in [-0.4, -0.2) is 53.3 Å². The number of imidazole rings is 1. The van der Waals surface area contributed by atoms with Gasteiger partial charge in [0, 0.05) is 25.5 Å². The zero-order valence-corrected chi connectivity index (χ0v) is 13.7. The molecule has 1 aromatic heterocycles. The summed E-state index contributed by atoms with van der Waals surface area (Å²) in [5.74, 6) is 0.853. The Morgan fingerprint density at radius 2 is 2.12 bits per heavy atom. The number of amides is 1. The number of rotatable bonds is 7. The number of hydrogen-bond acceptors (Lipinski definition) is 4. The number of hydrogen-bond donors (Lipinski definition) is 0. The van der Waals surface area contributed by atoms with Crippen LogP contribution in [0.3, 0.4) is 0 Å². The van der Waals surface area contributed by atoms with E-state index in [2.05, 4.69) is 9.55 Å². The van der Waals surface area contributed by atoms with E-state index in [0.29, 0.717) is 19.3 Å². The highest BCUT2D eigenvalue weighted by Gasteiger charge is 2.24. The van der Waals surface area contributed by atoms with Crippen molar-refractivity contribution >= 4 is 5.91 Å². The summed E-state index contributed by atoms with van der Waals surface area (Å²) in [7, 11) is 0. The molecule has 6 nitrogen and oxygen atoms in total. The van der Waals surface area contributed by atoms with E-state index in [4.69, 9.17) is 9.47 Å². The van der Waals surface area contributed by atoms with E-state index in [0.717, 1.165) is 31.7 Å². The first-order valence-corrected chi connectivity index (χ1v) is 8.34. The van der Waals surface area contributed by atoms with E-state index in [-0.39, 0.29) is 12.5 Å². The number of carbonyl (C=O) groups excluding carboxylic acids is 1. The lowest BCUT2D eigenvalue weighted by Gasteiger charge is -2.33. The summed E-state index contributed by atoms with van der Waals surface area (Å²) in [5, 5.41) is 0. The zero-order chi connectivity index (χ0) is 16.6. The third-order valence-corrected chi connectivity index (χ3v) is 4.16. The summed E-state index contributed by atoms with van der Waals surface area (Å²) >= 11 is 0. The Balaban J connectivity index is 1.36. The maximum atomic E-state index is 12.3. The lowest BCUT2D eigenvalue weighted by atomic mass is 10.1. The van der Waals surface area contributed by atoms with E-state index < -0.39 is 0 Å². The number of ether oxygens (including phenoxy) is 2. The Hall–Kier alpha value is -2.34. The molecule has 0 radical (unpaired) electrons. The van der Waals surface area contributed by atoms with Gasteiger partial charge < -0.3 is 18.9 Å². The molecule has 2 aromatic rings. The van der Waals surface area contributed by atoms with Crippen molar-refractivity contribution in [3.63, 3.8) is 0 Å². The lowest BCUT2D eigenvalue weighted by molar-refractivity contribution is -0.138. The zero-order valence-electron chi connectivity index (χ0n) is 13.7. The second-order valence-electron chi connectivity index (χ2n) is 5.86. The van der Waals surface area contributed by atoms with E-state index in [9.17, 15) is 4.79 Å². The van der Waals surface area contributed by atoms with Crippen LogP contribution in [0.2, 0.25) is 0 Å². The first-order valence-electron chi connectivity index (χ1n) is 8.34. The van der Waals surface area contributed by atoms with Crippen molar-refractivity contribution in [2.75, 3.05) is 32.9 Å². The molecule has 1 aromatic carbocycles. The minimum atomic E-state index is 0.0412. The number of aromatic nitrogens is 2. The molecule has 0 N–H and O–H groups in total. The highest BCUT2D eigenvalue weighted by Crippen LogP contribution is 2.21. The van der Waals surface area contributed by atoms with Gasteiger partial charge in [-0.2, -0.15) is 0 Å². The summed E-state index contributed by atoms with van der Waals surface area (Å²) in [6.45, 7) is 2.47. The van der Waals surface area contributed by atoms with Crippen molar-refractivity contribution in [3.05, 3.63) is 49.1 Å². The number of nitrogens with zero attached hydrogens (tertiary/aromatic N) is 3. The standard InChI is InChI=1S/C18H23N3O3/c22-18(14-23-11-12-24-17-6-2-1-3-7-17)20-9-4-5-16(13-20)21-10-8-19-15-21/h1-3,6-8,10,15-16H,4-5,9,11-14H2. The van der Waals surface area contributed by atoms with Crippen molar-refractivity contribution in [1.29, 1.82) is 0 Å². The van der Waals surface area contributed by atoms with Crippen LogP contribution in [-0.2, 0) is 9.53 Å². The van der Waals surface area contributed by atoms with Crippen LogP contribution < -0.4 is 4.74 Å². The molecule has 3 rings (SSSR count). The summed E-state index contributed by atoms with van der Waals surface area (Å²) in [6.07, 6.45) is 7.63. The first-order chi connectivity index (χ1) is 11.8. The van der Waals surface area contributed by atoms with Gasteiger partial charge in [0.15, 0.2) is 0 Å². The average Bonchev–Trinajstić information content (AvgIpc) is 3.17. The summed E-state index contributed by atoms with van der Waals surface area (Å²) in [5.41, 5.74) is 0. The molecule has 0 spiro atoms. The fourth-order valence-corrected chi connectivity index (χ4v) is 2.90. The van der Waals surface area contributed by atoms with Crippen molar-refractivity contribution in [1.82, 2.24) is 14.5 Å². The molecule has 1 amide bonds. The predicted octanol–water partition coefficient (Wildman–Crippen LogP) is 2.14. The van der Waals surface area contributed by atoms with Crippen LogP contribution in [0, 0.1) is 0 Å². The Kier molecular flexibility index (Phi) is 5.85. The Labute approximate surface area is 142 Å². The maximum Gasteiger partial charge on any atom is 0.248 e. The van der Waals surface area contributed by atoms with E-state index in [1.807, 2.05) is 47.8 Å². The highest BCUT2D eigenvalue weighted by molar-refractivity contribution is 5.77. The molecule has 6 heteroatoms. The minimum Gasteiger partial charge on any atom is -0.491 e. The summed E-state index contributed by atoms with van der Waals surface area (Å²) in [6, 6.07) is 9.90. The van der Waals surface area contributed by atoms with Crippen LogP contribution in [0.4, 0.5) is 0 Å².